The number of nitrogens with zero attached hydrogens (tertiary/aromatic N) is 1. The van der Waals surface area contributed by atoms with Gasteiger partial charge < -0.3 is 14.4 Å². The number of ketones is 1. The molecule has 0 radical (unpaired) electrons. The molecular weight excluding hydrogens is 266 g/mol. The lowest BCUT2D eigenvalue weighted by atomic mass is 9.82. The van der Waals surface area contributed by atoms with Gasteiger partial charge in [-0.1, -0.05) is 0 Å². The molecule has 0 unspecified atom stereocenters. The second kappa shape index (κ2) is 4.60. The largest absolute Gasteiger partial charge is 0.489 e. The summed E-state index contributed by atoms with van der Waals surface area (Å²) in [5.74, 6) is 1.74. The molecule has 0 bridgehead atoms. The van der Waals surface area contributed by atoms with Gasteiger partial charge in [-0.2, -0.15) is 0 Å². The fourth-order valence-electron chi connectivity index (χ4n) is 3.44. The summed E-state index contributed by atoms with van der Waals surface area (Å²) in [6.45, 7) is 2.53. The minimum atomic E-state index is -0.322. The first kappa shape index (κ1) is 12.9. The van der Waals surface area contributed by atoms with E-state index in [1.165, 1.54) is 0 Å². The quantitative estimate of drug-likeness (QED) is 0.734. The zero-order valence-corrected chi connectivity index (χ0v) is 12.2. The van der Waals surface area contributed by atoms with Crippen molar-refractivity contribution in [2.24, 2.45) is 0 Å². The van der Waals surface area contributed by atoms with Crippen LogP contribution in [0.1, 0.15) is 35.2 Å². The average Bonchev–Trinajstić information content (AvgIpc) is 2.50. The van der Waals surface area contributed by atoms with Gasteiger partial charge in [0.1, 0.15) is 23.7 Å². The van der Waals surface area contributed by atoms with Crippen LogP contribution >= 0.6 is 0 Å². The van der Waals surface area contributed by atoms with Gasteiger partial charge >= 0.3 is 0 Å². The van der Waals surface area contributed by atoms with Crippen molar-refractivity contribution in [3.05, 3.63) is 29.3 Å². The number of likely N-dealkylation sites (tertiary alicyclic amines) is 1. The predicted molar refractivity (Wildman–Crippen MR) is 80.0 cm³/mol. The molecule has 1 aromatic rings. The summed E-state index contributed by atoms with van der Waals surface area (Å²) in [5, 5.41) is 0. The van der Waals surface area contributed by atoms with Gasteiger partial charge in [-0.15, -0.1) is 0 Å². The highest BCUT2D eigenvalue weighted by molar-refractivity contribution is 6.02. The summed E-state index contributed by atoms with van der Waals surface area (Å²) in [5.41, 5.74) is 1.30. The third-order valence-corrected chi connectivity index (χ3v) is 4.78. The molecule has 4 rings (SSSR count). The number of carbonyl (C=O) groups is 1. The molecule has 110 valence electrons. The van der Waals surface area contributed by atoms with Crippen LogP contribution in [0.15, 0.2) is 18.2 Å². The van der Waals surface area contributed by atoms with Crippen molar-refractivity contribution in [2.75, 3.05) is 26.7 Å². The van der Waals surface area contributed by atoms with Crippen LogP contribution in [0.2, 0.25) is 0 Å². The molecule has 3 heterocycles. The predicted octanol–water partition coefficient (Wildman–Crippen LogP) is 2.52. The average molecular weight is 285 g/mol. The van der Waals surface area contributed by atoms with Crippen LogP contribution in [0.4, 0.5) is 0 Å². The molecule has 0 N–H and O–H groups in total. The molecule has 0 saturated carbocycles. The van der Waals surface area contributed by atoms with Crippen LogP contribution < -0.4 is 9.47 Å². The SMILES string of the molecule is CN1CCC2(CC1)CC(=O)c1ccc3c(c1O2)C=CCO3. The second-order valence-corrected chi connectivity index (χ2v) is 6.26. The summed E-state index contributed by atoms with van der Waals surface area (Å²) in [6, 6.07) is 3.73. The van der Waals surface area contributed by atoms with Gasteiger partial charge in [0.05, 0.1) is 17.5 Å². The van der Waals surface area contributed by atoms with E-state index >= 15 is 0 Å². The number of ether oxygens (including phenoxy) is 2. The second-order valence-electron chi connectivity index (χ2n) is 6.26. The maximum Gasteiger partial charge on any atom is 0.170 e. The molecule has 4 heteroatoms. The topological polar surface area (TPSA) is 38.8 Å². The Morgan fingerprint density at radius 3 is 2.86 bits per heavy atom. The molecule has 0 aromatic heterocycles. The summed E-state index contributed by atoms with van der Waals surface area (Å²) in [7, 11) is 2.11. The summed E-state index contributed by atoms with van der Waals surface area (Å²) in [4.78, 5) is 14.9. The van der Waals surface area contributed by atoms with Crippen LogP contribution in [0.25, 0.3) is 6.08 Å². The Hall–Kier alpha value is -1.81. The molecule has 1 saturated heterocycles. The Morgan fingerprint density at radius 2 is 2.05 bits per heavy atom. The van der Waals surface area contributed by atoms with Crippen molar-refractivity contribution in [3.63, 3.8) is 0 Å². The van der Waals surface area contributed by atoms with E-state index in [9.17, 15) is 4.79 Å². The zero-order valence-electron chi connectivity index (χ0n) is 12.2. The molecule has 3 aliphatic heterocycles. The minimum Gasteiger partial charge on any atom is -0.489 e. The van der Waals surface area contributed by atoms with Gasteiger partial charge in [0.15, 0.2) is 5.78 Å². The Morgan fingerprint density at radius 1 is 1.24 bits per heavy atom. The van der Waals surface area contributed by atoms with Crippen molar-refractivity contribution in [1.29, 1.82) is 0 Å². The molecule has 0 aliphatic carbocycles. The highest BCUT2D eigenvalue weighted by Gasteiger charge is 2.43. The third kappa shape index (κ3) is 2.05. The van der Waals surface area contributed by atoms with Crippen molar-refractivity contribution < 1.29 is 14.3 Å². The fraction of sp³-hybridized carbons (Fsp3) is 0.471. The Bertz CT molecular complexity index is 627. The number of fused-ring (bicyclic) bond motifs is 3. The first-order valence-electron chi connectivity index (χ1n) is 7.54. The molecule has 0 atom stereocenters. The number of benzene rings is 1. The van der Waals surface area contributed by atoms with Crippen LogP contribution in [-0.4, -0.2) is 43.0 Å². The molecule has 21 heavy (non-hydrogen) atoms. The van der Waals surface area contributed by atoms with E-state index in [-0.39, 0.29) is 11.4 Å². The molecule has 3 aliphatic rings. The lowest BCUT2D eigenvalue weighted by Crippen LogP contribution is -2.50. The third-order valence-electron chi connectivity index (χ3n) is 4.78. The lowest BCUT2D eigenvalue weighted by Gasteiger charge is -2.43. The first-order valence-corrected chi connectivity index (χ1v) is 7.54. The van der Waals surface area contributed by atoms with Crippen molar-refractivity contribution >= 4 is 11.9 Å². The van der Waals surface area contributed by atoms with E-state index in [2.05, 4.69) is 11.9 Å². The normalized spacial score (nSPS) is 23.2. The molecule has 0 amide bonds. The van der Waals surface area contributed by atoms with E-state index in [0.717, 1.165) is 43.0 Å². The van der Waals surface area contributed by atoms with Gasteiger partial charge in [-0.3, -0.25) is 4.79 Å². The summed E-state index contributed by atoms with van der Waals surface area (Å²) in [6.07, 6.45) is 6.29. The van der Waals surface area contributed by atoms with Crippen molar-refractivity contribution in [2.45, 2.75) is 24.9 Å². The van der Waals surface area contributed by atoms with E-state index in [1.54, 1.807) is 0 Å². The monoisotopic (exact) mass is 285 g/mol. The van der Waals surface area contributed by atoms with E-state index in [1.807, 2.05) is 24.3 Å². The van der Waals surface area contributed by atoms with E-state index < -0.39 is 0 Å². The van der Waals surface area contributed by atoms with Crippen LogP contribution in [0, 0.1) is 0 Å². The van der Waals surface area contributed by atoms with Gasteiger partial charge in [0, 0.05) is 25.9 Å². The highest BCUT2D eigenvalue weighted by Crippen LogP contribution is 2.44. The Kier molecular flexibility index (Phi) is 2.82. The lowest BCUT2D eigenvalue weighted by molar-refractivity contribution is -0.00402. The summed E-state index contributed by atoms with van der Waals surface area (Å²) >= 11 is 0. The maximum absolute atomic E-state index is 12.6. The van der Waals surface area contributed by atoms with Crippen molar-refractivity contribution in [3.8, 4) is 11.5 Å². The fourth-order valence-corrected chi connectivity index (χ4v) is 3.44. The highest BCUT2D eigenvalue weighted by atomic mass is 16.5. The number of hydrogen-bond acceptors (Lipinski definition) is 4. The molecule has 1 fully saturated rings. The number of hydrogen-bond donors (Lipinski definition) is 0. The number of carbonyl (C=O) groups excluding carboxylic acids is 1. The van der Waals surface area contributed by atoms with Crippen LogP contribution in [0.3, 0.4) is 0 Å². The van der Waals surface area contributed by atoms with Gasteiger partial charge in [-0.05, 0) is 31.3 Å². The number of Topliss-reactive ketones (excluding diaryl/α,β-unsaturated/α-hetero) is 1. The van der Waals surface area contributed by atoms with Gasteiger partial charge in [0.25, 0.3) is 0 Å². The number of piperidine rings is 1. The maximum atomic E-state index is 12.6. The molecule has 4 nitrogen and oxygen atoms in total. The van der Waals surface area contributed by atoms with Crippen molar-refractivity contribution in [1.82, 2.24) is 4.90 Å². The Labute approximate surface area is 124 Å². The molecule has 1 aromatic carbocycles. The standard InChI is InChI=1S/C17H19NO3/c1-18-8-6-17(7-9-18)11-14(19)12-4-5-15-13(16(12)21-17)3-2-10-20-15/h2-5H,6-11H2,1H3. The smallest absolute Gasteiger partial charge is 0.170 e. The van der Waals surface area contributed by atoms with Crippen LogP contribution in [-0.2, 0) is 0 Å². The molecular formula is C17H19NO3. The van der Waals surface area contributed by atoms with Gasteiger partial charge in [-0.25, -0.2) is 0 Å². The minimum absolute atomic E-state index is 0.197. The zero-order chi connectivity index (χ0) is 14.4. The first-order chi connectivity index (χ1) is 10.2. The Balaban J connectivity index is 1.77. The summed E-state index contributed by atoms with van der Waals surface area (Å²) < 4.78 is 12.0. The van der Waals surface area contributed by atoms with Gasteiger partial charge in [0.2, 0.25) is 0 Å². The molecule has 1 spiro atoms. The van der Waals surface area contributed by atoms with Crippen LogP contribution in [0.5, 0.6) is 11.5 Å². The van der Waals surface area contributed by atoms with E-state index in [0.29, 0.717) is 18.6 Å². The van der Waals surface area contributed by atoms with E-state index in [4.69, 9.17) is 9.47 Å². The number of rotatable bonds is 0.